The van der Waals surface area contributed by atoms with E-state index < -0.39 is 5.69 Å². The average molecular weight is 404 g/mol. The molecule has 0 amide bonds. The smallest absolute Gasteiger partial charge is 0.350 e. The first-order valence-electron chi connectivity index (χ1n) is 8.96. The van der Waals surface area contributed by atoms with Crippen LogP contribution in [0.2, 0.25) is 0 Å². The third-order valence-corrected chi connectivity index (χ3v) is 5.35. The van der Waals surface area contributed by atoms with E-state index in [0.717, 1.165) is 19.3 Å². The Morgan fingerprint density at radius 1 is 1.32 bits per heavy atom. The summed E-state index contributed by atoms with van der Waals surface area (Å²) < 4.78 is 32.7. The number of nitrogens with zero attached hydrogens (tertiary/aromatic N) is 3. The molecule has 146 valence electrons. The summed E-state index contributed by atoms with van der Waals surface area (Å²) >= 11 is 1.20. The van der Waals surface area contributed by atoms with Crippen LogP contribution in [0.4, 0.5) is 8.78 Å². The average Bonchev–Trinajstić information content (AvgIpc) is 3.10. The van der Waals surface area contributed by atoms with Crippen LogP contribution in [0.1, 0.15) is 31.1 Å². The largest absolute Gasteiger partial charge is 0.372 e. The molecule has 1 aliphatic rings. The molecule has 0 aliphatic carbocycles. The van der Waals surface area contributed by atoms with Crippen LogP contribution in [0.15, 0.2) is 46.6 Å². The molecule has 1 fully saturated rings. The van der Waals surface area contributed by atoms with Crippen molar-refractivity contribution in [3.05, 3.63) is 58.7 Å². The molecule has 1 atom stereocenters. The number of H-pyrrole nitrogens is 1. The summed E-state index contributed by atoms with van der Waals surface area (Å²) in [5, 5.41) is 4.84. The summed E-state index contributed by atoms with van der Waals surface area (Å²) in [6, 6.07) is 6.00. The molecular formula is C19H18F2N4O2S. The van der Waals surface area contributed by atoms with Crippen LogP contribution in [0.5, 0.6) is 0 Å². The van der Waals surface area contributed by atoms with E-state index in [1.165, 1.54) is 34.5 Å². The molecule has 1 N–H and O–H groups in total. The maximum atomic E-state index is 13.4. The van der Waals surface area contributed by atoms with Crippen LogP contribution in [0.3, 0.4) is 0 Å². The number of halogens is 2. The van der Waals surface area contributed by atoms with Crippen molar-refractivity contribution in [2.45, 2.75) is 30.5 Å². The summed E-state index contributed by atoms with van der Waals surface area (Å²) in [6.07, 6.45) is 4.30. The molecule has 4 rings (SSSR count). The van der Waals surface area contributed by atoms with Gasteiger partial charge in [-0.2, -0.15) is 9.61 Å². The lowest BCUT2D eigenvalue weighted by molar-refractivity contribution is 0.0125. The zero-order valence-corrected chi connectivity index (χ0v) is 15.7. The van der Waals surface area contributed by atoms with E-state index in [1.54, 1.807) is 12.1 Å². The van der Waals surface area contributed by atoms with Crippen LogP contribution in [0, 0.1) is 5.82 Å². The Bertz CT molecular complexity index is 1060. The van der Waals surface area contributed by atoms with Gasteiger partial charge in [0.1, 0.15) is 17.6 Å². The second-order valence-electron chi connectivity index (χ2n) is 6.38. The lowest BCUT2D eigenvalue weighted by Gasteiger charge is -2.21. The van der Waals surface area contributed by atoms with Crippen molar-refractivity contribution in [2.24, 2.45) is 0 Å². The van der Waals surface area contributed by atoms with Gasteiger partial charge >= 0.3 is 5.69 Å². The summed E-state index contributed by atoms with van der Waals surface area (Å²) in [5.74, 6) is -0.0236. The van der Waals surface area contributed by atoms with Gasteiger partial charge in [-0.05, 0) is 43.0 Å². The lowest BCUT2D eigenvalue weighted by Crippen LogP contribution is -2.20. The fraction of sp³-hybridized carbons (Fsp3) is 0.316. The number of hydrogen-bond donors (Lipinski definition) is 1. The number of thioether (sulfide) groups is 1. The number of hydrogen-bond acceptors (Lipinski definition) is 5. The molecule has 1 aliphatic heterocycles. The zero-order valence-electron chi connectivity index (χ0n) is 14.9. The Labute approximate surface area is 163 Å². The summed E-state index contributed by atoms with van der Waals surface area (Å²) in [4.78, 5) is 19.7. The van der Waals surface area contributed by atoms with Gasteiger partial charge in [-0.1, -0.05) is 23.9 Å². The van der Waals surface area contributed by atoms with Crippen LogP contribution in [-0.4, -0.2) is 31.9 Å². The van der Waals surface area contributed by atoms with E-state index >= 15 is 0 Å². The van der Waals surface area contributed by atoms with Crippen molar-refractivity contribution in [2.75, 3.05) is 12.4 Å². The number of ether oxygens (including phenoxy) is 1. The predicted octanol–water partition coefficient (Wildman–Crippen LogP) is 4.04. The van der Waals surface area contributed by atoms with Crippen LogP contribution in [0.25, 0.3) is 16.8 Å². The van der Waals surface area contributed by atoms with Gasteiger partial charge in [0, 0.05) is 12.4 Å². The predicted molar refractivity (Wildman–Crippen MR) is 103 cm³/mol. The van der Waals surface area contributed by atoms with Crippen molar-refractivity contribution in [1.29, 1.82) is 0 Å². The van der Waals surface area contributed by atoms with Gasteiger partial charge in [0.2, 0.25) is 0 Å². The summed E-state index contributed by atoms with van der Waals surface area (Å²) in [5.41, 5.74) is 1.91. The van der Waals surface area contributed by atoms with Gasteiger partial charge in [-0.3, -0.25) is 4.98 Å². The molecule has 3 aromatic rings. The van der Waals surface area contributed by atoms with E-state index in [4.69, 9.17) is 4.74 Å². The minimum Gasteiger partial charge on any atom is -0.372 e. The molecule has 9 heteroatoms. The maximum absolute atomic E-state index is 13.4. The summed E-state index contributed by atoms with van der Waals surface area (Å²) in [7, 11) is 0. The number of fused-ring (bicyclic) bond motifs is 1. The highest BCUT2D eigenvalue weighted by Crippen LogP contribution is 2.36. The van der Waals surface area contributed by atoms with Crippen LogP contribution >= 0.6 is 11.8 Å². The molecule has 6 nitrogen and oxygen atoms in total. The first-order chi connectivity index (χ1) is 13.7. The number of aromatic amines is 1. The molecule has 1 unspecified atom stereocenters. The standard InChI is InChI=1S/C19H18F2N4O2S/c20-9-3-11-28-18-22-17-15(12-5-7-13(21)8-6-12)16(14-4-1-2-10-27-14)24-25(17)19(26)23-18/h3,5-9,14H,1-2,4,10-11H2,(H,22,23,26)/b9-3+. The van der Waals surface area contributed by atoms with Crippen LogP contribution in [-0.2, 0) is 4.74 Å². The fourth-order valence-electron chi connectivity index (χ4n) is 3.25. The van der Waals surface area contributed by atoms with Gasteiger partial charge in [-0.15, -0.1) is 0 Å². The van der Waals surface area contributed by atoms with E-state index in [1.807, 2.05) is 0 Å². The molecule has 0 radical (unpaired) electrons. The van der Waals surface area contributed by atoms with Crippen LogP contribution < -0.4 is 5.69 Å². The fourth-order valence-corrected chi connectivity index (χ4v) is 3.88. The Balaban J connectivity index is 1.89. The van der Waals surface area contributed by atoms with Crippen molar-refractivity contribution < 1.29 is 13.5 Å². The van der Waals surface area contributed by atoms with Crippen molar-refractivity contribution in [3.8, 4) is 11.1 Å². The molecule has 1 aromatic carbocycles. The number of rotatable bonds is 5. The second kappa shape index (κ2) is 8.24. The maximum Gasteiger partial charge on any atom is 0.350 e. The van der Waals surface area contributed by atoms with Gasteiger partial charge in [-0.25, -0.2) is 18.6 Å². The SMILES string of the molecule is O=c1[nH]c(SC/C=C/F)nc2c(-c3ccc(F)cc3)c(C3CCCCO3)nn12. The summed E-state index contributed by atoms with van der Waals surface area (Å²) in [6.45, 7) is 0.627. The molecule has 0 spiro atoms. The normalized spacial score (nSPS) is 17.6. The first-order valence-corrected chi connectivity index (χ1v) is 9.94. The van der Waals surface area contributed by atoms with E-state index in [-0.39, 0.29) is 11.9 Å². The number of aromatic nitrogens is 4. The Morgan fingerprint density at radius 2 is 2.14 bits per heavy atom. The van der Waals surface area contributed by atoms with Gasteiger partial charge in [0.15, 0.2) is 10.8 Å². The Morgan fingerprint density at radius 3 is 2.86 bits per heavy atom. The van der Waals surface area contributed by atoms with E-state index in [9.17, 15) is 13.6 Å². The van der Waals surface area contributed by atoms with Gasteiger partial charge in [0.25, 0.3) is 0 Å². The Hall–Kier alpha value is -2.52. The minimum absolute atomic E-state index is 0.250. The van der Waals surface area contributed by atoms with Crippen molar-refractivity contribution in [1.82, 2.24) is 19.6 Å². The highest BCUT2D eigenvalue weighted by Gasteiger charge is 2.27. The molecular weight excluding hydrogens is 386 g/mol. The second-order valence-corrected chi connectivity index (χ2v) is 7.39. The molecule has 1 saturated heterocycles. The molecule has 2 aromatic heterocycles. The number of nitrogens with one attached hydrogen (secondary N) is 1. The third kappa shape index (κ3) is 3.72. The van der Waals surface area contributed by atoms with Crippen molar-refractivity contribution >= 4 is 17.4 Å². The quantitative estimate of drug-likeness (QED) is 0.650. The third-order valence-electron chi connectivity index (χ3n) is 4.52. The van der Waals surface area contributed by atoms with E-state index in [2.05, 4.69) is 15.1 Å². The van der Waals surface area contributed by atoms with E-state index in [0.29, 0.717) is 46.3 Å². The zero-order chi connectivity index (χ0) is 19.5. The topological polar surface area (TPSA) is 72.3 Å². The highest BCUT2D eigenvalue weighted by molar-refractivity contribution is 7.99. The Kier molecular flexibility index (Phi) is 5.54. The molecule has 0 bridgehead atoms. The minimum atomic E-state index is -0.442. The van der Waals surface area contributed by atoms with Gasteiger partial charge in [0.05, 0.1) is 11.9 Å². The molecule has 3 heterocycles. The highest BCUT2D eigenvalue weighted by atomic mass is 32.2. The monoisotopic (exact) mass is 404 g/mol. The van der Waals surface area contributed by atoms with Crippen molar-refractivity contribution in [3.63, 3.8) is 0 Å². The lowest BCUT2D eigenvalue weighted by atomic mass is 9.99. The first kappa shape index (κ1) is 18.8. The molecule has 28 heavy (non-hydrogen) atoms. The number of benzene rings is 1. The van der Waals surface area contributed by atoms with Gasteiger partial charge < -0.3 is 4.74 Å². The molecule has 0 saturated carbocycles.